The largest absolute Gasteiger partial charge is 0.382 e. The van der Waals surface area contributed by atoms with E-state index in [1.54, 1.807) is 50.2 Å². The molecule has 148 valence electrons. The Kier molecular flexibility index (Phi) is 5.44. The highest BCUT2D eigenvalue weighted by molar-refractivity contribution is 6.22. The molecule has 1 aliphatic heterocycles. The first-order valence-electron chi connectivity index (χ1n) is 8.76. The highest BCUT2D eigenvalue weighted by Crippen LogP contribution is 2.43. The highest BCUT2D eigenvalue weighted by Gasteiger charge is 2.62. The zero-order valence-electron chi connectivity index (χ0n) is 15.4. The Labute approximate surface area is 167 Å². The molecule has 2 aromatic carbocycles. The number of halogens is 1. The van der Waals surface area contributed by atoms with Crippen molar-refractivity contribution in [1.82, 2.24) is 0 Å². The van der Waals surface area contributed by atoms with Gasteiger partial charge in [0.25, 0.3) is 0 Å². The van der Waals surface area contributed by atoms with Crippen LogP contribution in [0, 0.1) is 13.8 Å². The molecule has 0 aliphatic carbocycles. The summed E-state index contributed by atoms with van der Waals surface area (Å²) in [6, 6.07) is 13.1. The summed E-state index contributed by atoms with van der Waals surface area (Å²) in [5.74, 6) is -1.53. The number of hydrogen-bond acceptors (Lipinski definition) is 6. The molecule has 3 rings (SSSR count). The molecule has 0 radical (unpaired) electrons. The van der Waals surface area contributed by atoms with E-state index < -0.39 is 41.0 Å². The van der Waals surface area contributed by atoms with Gasteiger partial charge in [-0.1, -0.05) is 60.1 Å². The monoisotopic (exact) mass is 404 g/mol. The topological polar surface area (TPSA) is 104 Å². The minimum absolute atomic E-state index is 0.184. The first-order valence-corrected chi connectivity index (χ1v) is 9.14. The Bertz CT molecular complexity index is 925. The lowest BCUT2D eigenvalue weighted by Crippen LogP contribution is -2.54. The smallest absolute Gasteiger partial charge is 0.249 e. The fourth-order valence-electron chi connectivity index (χ4n) is 3.51. The Morgan fingerprint density at radius 1 is 1.04 bits per heavy atom. The summed E-state index contributed by atoms with van der Waals surface area (Å²) in [7, 11) is 0. The predicted molar refractivity (Wildman–Crippen MR) is 102 cm³/mol. The van der Waals surface area contributed by atoms with Gasteiger partial charge >= 0.3 is 0 Å². The summed E-state index contributed by atoms with van der Waals surface area (Å²) in [6.45, 7) is 3.38. The molecule has 7 heteroatoms. The molecule has 4 atom stereocenters. The lowest BCUT2D eigenvalue weighted by molar-refractivity contribution is -0.154. The fourth-order valence-corrected chi connectivity index (χ4v) is 3.81. The van der Waals surface area contributed by atoms with Gasteiger partial charge in [-0.15, -0.1) is 0 Å². The van der Waals surface area contributed by atoms with Gasteiger partial charge in [-0.05, 0) is 25.0 Å². The number of alkyl halides is 1. The zero-order chi connectivity index (χ0) is 20.7. The summed E-state index contributed by atoms with van der Waals surface area (Å²) in [5.41, 5.74) is -0.790. The molecule has 1 aliphatic rings. The van der Waals surface area contributed by atoms with Crippen LogP contribution in [0.25, 0.3) is 0 Å². The summed E-state index contributed by atoms with van der Waals surface area (Å²) < 4.78 is 5.17. The maximum atomic E-state index is 13.1. The number of aliphatic hydroxyl groups excluding tert-OH is 1. The van der Waals surface area contributed by atoms with Crippen molar-refractivity contribution in [3.8, 4) is 0 Å². The second-order valence-corrected chi connectivity index (χ2v) is 7.69. The van der Waals surface area contributed by atoms with E-state index in [1.807, 2.05) is 0 Å². The van der Waals surface area contributed by atoms with Crippen molar-refractivity contribution >= 4 is 23.2 Å². The average Bonchev–Trinajstić information content (AvgIpc) is 2.91. The number of ether oxygens (including phenoxy) is 1. The van der Waals surface area contributed by atoms with Crippen molar-refractivity contribution in [2.45, 2.75) is 43.3 Å². The van der Waals surface area contributed by atoms with Gasteiger partial charge in [0, 0.05) is 11.1 Å². The van der Waals surface area contributed by atoms with Crippen molar-refractivity contribution in [3.05, 3.63) is 70.8 Å². The van der Waals surface area contributed by atoms with E-state index >= 15 is 0 Å². The molecule has 1 fully saturated rings. The summed E-state index contributed by atoms with van der Waals surface area (Å²) >= 11 is 5.84. The van der Waals surface area contributed by atoms with Crippen LogP contribution in [0.4, 0.5) is 0 Å². The molecule has 28 heavy (non-hydrogen) atoms. The SMILES string of the molecule is Cc1ccccc1C(=O)[C@H](O)[C@H]1O[C@@](O)(Cl)C[C@@]1(O)C(=O)c1ccccc1C. The average molecular weight is 405 g/mol. The second-order valence-electron chi connectivity index (χ2n) is 7.10. The third-order valence-corrected chi connectivity index (χ3v) is 5.24. The van der Waals surface area contributed by atoms with Crippen LogP contribution in [-0.2, 0) is 4.74 Å². The normalized spacial score (nSPS) is 28.1. The molecular weight excluding hydrogens is 384 g/mol. The maximum absolute atomic E-state index is 13.1. The number of ketones is 2. The van der Waals surface area contributed by atoms with Crippen molar-refractivity contribution in [2.24, 2.45) is 0 Å². The molecule has 0 saturated carbocycles. The predicted octanol–water partition coefficient (Wildman–Crippen LogP) is 2.13. The number of carbonyl (C=O) groups is 2. The molecule has 2 aromatic rings. The second kappa shape index (κ2) is 7.39. The van der Waals surface area contributed by atoms with Gasteiger partial charge in [-0.3, -0.25) is 9.59 Å². The van der Waals surface area contributed by atoms with Crippen molar-refractivity contribution in [1.29, 1.82) is 0 Å². The minimum atomic E-state index is -2.40. The molecule has 0 amide bonds. The fraction of sp³-hybridized carbons (Fsp3) is 0.333. The van der Waals surface area contributed by atoms with E-state index in [1.165, 1.54) is 12.1 Å². The zero-order valence-corrected chi connectivity index (χ0v) is 16.2. The van der Waals surface area contributed by atoms with Crippen LogP contribution in [0.3, 0.4) is 0 Å². The summed E-state index contributed by atoms with van der Waals surface area (Å²) in [6.07, 6.45) is -4.35. The van der Waals surface area contributed by atoms with Crippen LogP contribution in [0.2, 0.25) is 0 Å². The van der Waals surface area contributed by atoms with Gasteiger partial charge in [-0.25, -0.2) is 0 Å². The molecule has 0 spiro atoms. The molecule has 1 heterocycles. The van der Waals surface area contributed by atoms with E-state index in [4.69, 9.17) is 16.3 Å². The van der Waals surface area contributed by atoms with Crippen LogP contribution < -0.4 is 0 Å². The standard InChI is InChI=1S/C21H21ClO6/c1-12-7-3-5-9-14(12)16(23)17(24)19-20(26,11-21(22,27)28-19)18(25)15-10-6-4-8-13(15)2/h3-10,17,19,24,26-27H,11H2,1-2H3/t17-,19+,20+,21+/m0/s1. The quantitative estimate of drug-likeness (QED) is 0.521. The van der Waals surface area contributed by atoms with Crippen LogP contribution in [0.15, 0.2) is 48.5 Å². The van der Waals surface area contributed by atoms with Gasteiger partial charge in [0.2, 0.25) is 5.25 Å². The van der Waals surface area contributed by atoms with Gasteiger partial charge in [0.15, 0.2) is 17.2 Å². The minimum Gasteiger partial charge on any atom is -0.382 e. The number of aryl methyl sites for hydroxylation is 2. The number of Topliss-reactive ketones (excluding diaryl/α,β-unsaturated/α-hetero) is 2. The van der Waals surface area contributed by atoms with Gasteiger partial charge < -0.3 is 20.1 Å². The summed E-state index contributed by atoms with van der Waals surface area (Å²) in [5, 5.41) is 29.5. The van der Waals surface area contributed by atoms with Crippen LogP contribution in [0.5, 0.6) is 0 Å². The van der Waals surface area contributed by atoms with Gasteiger partial charge in [0.1, 0.15) is 12.2 Å². The lowest BCUT2D eigenvalue weighted by atomic mass is 9.81. The van der Waals surface area contributed by atoms with Crippen molar-refractivity contribution in [3.63, 3.8) is 0 Å². The lowest BCUT2D eigenvalue weighted by Gasteiger charge is -2.30. The molecular formula is C21H21ClO6. The molecule has 0 bridgehead atoms. The number of benzene rings is 2. The molecule has 1 saturated heterocycles. The van der Waals surface area contributed by atoms with Crippen LogP contribution in [-0.4, -0.2) is 49.9 Å². The van der Waals surface area contributed by atoms with Crippen molar-refractivity contribution in [2.75, 3.05) is 0 Å². The van der Waals surface area contributed by atoms with E-state index in [2.05, 4.69) is 0 Å². The molecule has 6 nitrogen and oxygen atoms in total. The Morgan fingerprint density at radius 2 is 1.54 bits per heavy atom. The first kappa shape index (κ1) is 20.6. The van der Waals surface area contributed by atoms with Crippen molar-refractivity contribution < 1.29 is 29.6 Å². The first-order chi connectivity index (χ1) is 13.1. The summed E-state index contributed by atoms with van der Waals surface area (Å²) in [4.78, 5) is 25.9. The Morgan fingerprint density at radius 3 is 2.07 bits per heavy atom. The Balaban J connectivity index is 2.00. The van der Waals surface area contributed by atoms with Gasteiger partial charge in [0.05, 0.1) is 6.42 Å². The third-order valence-electron chi connectivity index (χ3n) is 5.01. The highest BCUT2D eigenvalue weighted by atomic mass is 35.5. The number of aliphatic hydroxyl groups is 3. The number of carbonyl (C=O) groups excluding carboxylic acids is 2. The molecule has 0 aromatic heterocycles. The van der Waals surface area contributed by atoms with Crippen LogP contribution in [0.1, 0.15) is 38.3 Å². The Hall–Kier alpha value is -2.09. The van der Waals surface area contributed by atoms with E-state index in [-0.39, 0.29) is 11.1 Å². The van der Waals surface area contributed by atoms with E-state index in [9.17, 15) is 24.9 Å². The van der Waals surface area contributed by atoms with E-state index in [0.717, 1.165) is 0 Å². The third kappa shape index (κ3) is 3.62. The maximum Gasteiger partial charge on any atom is 0.249 e. The van der Waals surface area contributed by atoms with E-state index in [0.29, 0.717) is 11.1 Å². The van der Waals surface area contributed by atoms with Crippen LogP contribution >= 0.6 is 11.6 Å². The number of hydrogen-bond donors (Lipinski definition) is 3. The molecule has 3 N–H and O–H groups in total. The van der Waals surface area contributed by atoms with Gasteiger partial charge in [-0.2, -0.15) is 0 Å². The molecule has 0 unspecified atom stereocenters. The number of rotatable bonds is 5.